The Morgan fingerprint density at radius 3 is 2.93 bits per heavy atom. The van der Waals surface area contributed by atoms with E-state index in [1.54, 1.807) is 0 Å². The summed E-state index contributed by atoms with van der Waals surface area (Å²) in [5, 5.41) is 0. The number of fused-ring (bicyclic) bond motifs is 1. The molecule has 2 heteroatoms. The molecule has 1 heterocycles. The van der Waals surface area contributed by atoms with Crippen molar-refractivity contribution in [1.82, 2.24) is 0 Å². The molecule has 1 aliphatic rings. The Labute approximate surface area is 96.9 Å². The van der Waals surface area contributed by atoms with Gasteiger partial charge in [0.1, 0.15) is 0 Å². The van der Waals surface area contributed by atoms with Crippen LogP contribution in [0.25, 0.3) is 0 Å². The molecule has 0 amide bonds. The van der Waals surface area contributed by atoms with Crippen LogP contribution in [-0.2, 0) is 0 Å². The number of thioether (sulfide) groups is 1. The molecule has 1 aromatic carbocycles. The van der Waals surface area contributed by atoms with Crippen LogP contribution in [0.2, 0.25) is 0 Å². The summed E-state index contributed by atoms with van der Waals surface area (Å²) in [5.74, 6) is 1.97. The average molecular weight is 221 g/mol. The third-order valence-electron chi connectivity index (χ3n) is 2.79. The minimum Gasteiger partial charge on any atom is -0.361 e. The highest BCUT2D eigenvalue weighted by atomic mass is 32.2. The van der Waals surface area contributed by atoms with Crippen molar-refractivity contribution in [3.8, 4) is 0 Å². The van der Waals surface area contributed by atoms with E-state index in [0.29, 0.717) is 0 Å². The van der Waals surface area contributed by atoms with Crippen molar-refractivity contribution in [2.24, 2.45) is 5.92 Å². The number of hydrogen-bond donors (Lipinski definition) is 0. The van der Waals surface area contributed by atoms with Crippen molar-refractivity contribution in [3.05, 3.63) is 24.3 Å². The van der Waals surface area contributed by atoms with Crippen LogP contribution in [-0.4, -0.2) is 12.4 Å². The highest BCUT2D eigenvalue weighted by Crippen LogP contribution is 2.37. The lowest BCUT2D eigenvalue weighted by molar-refractivity contribution is 0.555. The van der Waals surface area contributed by atoms with Crippen LogP contribution >= 0.6 is 11.8 Å². The van der Waals surface area contributed by atoms with E-state index in [9.17, 15) is 0 Å². The van der Waals surface area contributed by atoms with Crippen molar-refractivity contribution >= 4 is 17.4 Å². The molecule has 0 aromatic heterocycles. The Morgan fingerprint density at radius 2 is 2.13 bits per heavy atom. The zero-order valence-electron chi connectivity index (χ0n) is 9.57. The second-order valence-corrected chi connectivity index (χ2v) is 5.53. The zero-order chi connectivity index (χ0) is 10.7. The summed E-state index contributed by atoms with van der Waals surface area (Å²) in [7, 11) is 0. The number of anilines is 1. The van der Waals surface area contributed by atoms with E-state index in [1.807, 2.05) is 11.8 Å². The van der Waals surface area contributed by atoms with E-state index in [1.165, 1.54) is 30.0 Å². The molecule has 15 heavy (non-hydrogen) atoms. The van der Waals surface area contributed by atoms with Crippen molar-refractivity contribution in [2.75, 3.05) is 17.3 Å². The molecule has 0 spiro atoms. The van der Waals surface area contributed by atoms with E-state index in [4.69, 9.17) is 0 Å². The lowest BCUT2D eigenvalue weighted by Crippen LogP contribution is -2.20. The predicted molar refractivity (Wildman–Crippen MR) is 68.6 cm³/mol. The monoisotopic (exact) mass is 221 g/mol. The minimum atomic E-state index is 0.829. The third kappa shape index (κ3) is 2.69. The molecule has 1 aromatic rings. The van der Waals surface area contributed by atoms with E-state index >= 15 is 0 Å². The number of rotatable bonds is 4. The molecule has 1 aliphatic heterocycles. The topological polar surface area (TPSA) is 3.24 Å². The molecule has 2 rings (SSSR count). The van der Waals surface area contributed by atoms with Gasteiger partial charge in [0.25, 0.3) is 0 Å². The molecule has 0 atom stereocenters. The maximum atomic E-state index is 2.50. The first-order chi connectivity index (χ1) is 7.27. The van der Waals surface area contributed by atoms with Crippen LogP contribution in [0.15, 0.2) is 29.2 Å². The Kier molecular flexibility index (Phi) is 3.57. The Morgan fingerprint density at radius 1 is 1.33 bits per heavy atom. The third-order valence-corrected chi connectivity index (χ3v) is 3.89. The van der Waals surface area contributed by atoms with E-state index in [0.717, 1.165) is 11.8 Å². The second-order valence-electron chi connectivity index (χ2n) is 4.54. The smallest absolute Gasteiger partial charge is 0.0686 e. The maximum Gasteiger partial charge on any atom is 0.0686 e. The average Bonchev–Trinajstić information content (AvgIpc) is 2.62. The van der Waals surface area contributed by atoms with Crippen LogP contribution in [0.3, 0.4) is 0 Å². The molecule has 0 aliphatic carbocycles. The van der Waals surface area contributed by atoms with Crippen LogP contribution in [0.1, 0.15) is 26.7 Å². The van der Waals surface area contributed by atoms with E-state index in [2.05, 4.69) is 43.0 Å². The molecule has 1 nitrogen and oxygen atoms in total. The lowest BCUT2D eigenvalue weighted by atomic mass is 10.1. The fourth-order valence-corrected chi connectivity index (χ4v) is 3.02. The fraction of sp³-hybridized carbons (Fsp3) is 0.538. The van der Waals surface area contributed by atoms with Gasteiger partial charge in [-0.3, -0.25) is 0 Å². The summed E-state index contributed by atoms with van der Waals surface area (Å²) in [6.07, 6.45) is 2.65. The van der Waals surface area contributed by atoms with Crippen molar-refractivity contribution in [2.45, 2.75) is 31.6 Å². The fourth-order valence-electron chi connectivity index (χ4n) is 1.93. The molecule has 0 unspecified atom stereocenters. The van der Waals surface area contributed by atoms with E-state index in [-0.39, 0.29) is 0 Å². The SMILES string of the molecule is CC(C)CCCN1CSc2ccccc21. The van der Waals surface area contributed by atoms with Crippen molar-refractivity contribution < 1.29 is 0 Å². The van der Waals surface area contributed by atoms with Gasteiger partial charge in [-0.1, -0.05) is 26.0 Å². The Balaban J connectivity index is 1.90. The zero-order valence-corrected chi connectivity index (χ0v) is 10.4. The molecular formula is C13H19NS. The summed E-state index contributed by atoms with van der Waals surface area (Å²) < 4.78 is 0. The first-order valence-corrected chi connectivity index (χ1v) is 6.72. The van der Waals surface area contributed by atoms with Crippen molar-refractivity contribution in [1.29, 1.82) is 0 Å². The van der Waals surface area contributed by atoms with Crippen LogP contribution in [0.5, 0.6) is 0 Å². The quantitative estimate of drug-likeness (QED) is 0.756. The molecule has 82 valence electrons. The summed E-state index contributed by atoms with van der Waals surface area (Å²) >= 11 is 1.96. The van der Waals surface area contributed by atoms with Gasteiger partial charge in [-0.05, 0) is 30.9 Å². The maximum absolute atomic E-state index is 2.50. The largest absolute Gasteiger partial charge is 0.361 e. The Bertz CT molecular complexity index is 322. The summed E-state index contributed by atoms with van der Waals surface area (Å²) in [6, 6.07) is 8.73. The van der Waals surface area contributed by atoms with Gasteiger partial charge in [0.15, 0.2) is 0 Å². The Hall–Kier alpha value is -0.630. The molecule has 0 saturated heterocycles. The highest BCUT2D eigenvalue weighted by molar-refractivity contribution is 7.99. The summed E-state index contributed by atoms with van der Waals surface area (Å²) in [4.78, 5) is 3.95. The van der Waals surface area contributed by atoms with Gasteiger partial charge < -0.3 is 4.90 Å². The van der Waals surface area contributed by atoms with Gasteiger partial charge in [0.05, 0.1) is 11.6 Å². The normalized spacial score (nSPS) is 14.7. The predicted octanol–water partition coefficient (Wildman–Crippen LogP) is 3.99. The van der Waals surface area contributed by atoms with Gasteiger partial charge in [0.2, 0.25) is 0 Å². The molecule has 0 radical (unpaired) electrons. The molecule has 0 fully saturated rings. The summed E-state index contributed by atoms with van der Waals surface area (Å²) in [5.41, 5.74) is 1.44. The highest BCUT2D eigenvalue weighted by Gasteiger charge is 2.17. The van der Waals surface area contributed by atoms with Crippen LogP contribution in [0, 0.1) is 5.92 Å². The minimum absolute atomic E-state index is 0.829. The van der Waals surface area contributed by atoms with Crippen LogP contribution in [0.4, 0.5) is 5.69 Å². The molecule has 0 saturated carbocycles. The van der Waals surface area contributed by atoms with Gasteiger partial charge in [-0.15, -0.1) is 11.8 Å². The number of nitrogens with zero attached hydrogens (tertiary/aromatic N) is 1. The number of benzene rings is 1. The standard InChI is InChI=1S/C13H19NS/c1-11(2)6-5-9-14-10-15-13-8-4-3-7-12(13)14/h3-4,7-8,11H,5-6,9-10H2,1-2H3. The van der Waals surface area contributed by atoms with Crippen molar-refractivity contribution in [3.63, 3.8) is 0 Å². The molecule has 0 bridgehead atoms. The van der Waals surface area contributed by atoms with Gasteiger partial charge in [-0.25, -0.2) is 0 Å². The van der Waals surface area contributed by atoms with Gasteiger partial charge in [-0.2, -0.15) is 0 Å². The lowest BCUT2D eigenvalue weighted by Gasteiger charge is -2.18. The van der Waals surface area contributed by atoms with Gasteiger partial charge >= 0.3 is 0 Å². The second kappa shape index (κ2) is 4.93. The molecule has 0 N–H and O–H groups in total. The first-order valence-electron chi connectivity index (χ1n) is 5.74. The summed E-state index contributed by atoms with van der Waals surface area (Å²) in [6.45, 7) is 5.81. The van der Waals surface area contributed by atoms with E-state index < -0.39 is 0 Å². The number of para-hydroxylation sites is 1. The van der Waals surface area contributed by atoms with Crippen LogP contribution < -0.4 is 4.90 Å². The molecular weight excluding hydrogens is 202 g/mol. The first kappa shape index (κ1) is 10.9. The van der Waals surface area contributed by atoms with Gasteiger partial charge in [0, 0.05) is 11.4 Å². The number of hydrogen-bond acceptors (Lipinski definition) is 2.